The van der Waals surface area contributed by atoms with Crippen LogP contribution in [0.3, 0.4) is 0 Å². The summed E-state index contributed by atoms with van der Waals surface area (Å²) >= 11 is 4.31. The predicted octanol–water partition coefficient (Wildman–Crippen LogP) is 2.83. The Balaban J connectivity index is 1.82. The van der Waals surface area contributed by atoms with Crippen molar-refractivity contribution in [2.24, 2.45) is 5.92 Å². The highest BCUT2D eigenvalue weighted by molar-refractivity contribution is 7.80. The van der Waals surface area contributed by atoms with Crippen LogP contribution in [0, 0.1) is 5.92 Å². The molecular formula is C13H19NS. The molecule has 1 aromatic rings. The minimum absolute atomic E-state index is 0.881. The second-order valence-corrected chi connectivity index (χ2v) is 4.83. The Morgan fingerprint density at radius 1 is 1.27 bits per heavy atom. The summed E-state index contributed by atoms with van der Waals surface area (Å²) in [6.07, 6.45) is 2.63. The van der Waals surface area contributed by atoms with Crippen LogP contribution in [-0.2, 0) is 6.54 Å². The van der Waals surface area contributed by atoms with Gasteiger partial charge in [0.1, 0.15) is 0 Å². The highest BCUT2D eigenvalue weighted by atomic mass is 32.1. The Morgan fingerprint density at radius 2 is 2.07 bits per heavy atom. The van der Waals surface area contributed by atoms with Gasteiger partial charge in [0.2, 0.25) is 0 Å². The van der Waals surface area contributed by atoms with Gasteiger partial charge in [0.15, 0.2) is 0 Å². The minimum Gasteiger partial charge on any atom is -0.299 e. The highest BCUT2D eigenvalue weighted by Crippen LogP contribution is 2.21. The zero-order valence-corrected chi connectivity index (χ0v) is 10.00. The Bertz CT molecular complexity index is 286. The molecule has 0 bridgehead atoms. The van der Waals surface area contributed by atoms with Crippen LogP contribution in [0.4, 0.5) is 0 Å². The van der Waals surface area contributed by atoms with Crippen LogP contribution in [0.15, 0.2) is 30.3 Å². The van der Waals surface area contributed by atoms with Crippen molar-refractivity contribution in [1.29, 1.82) is 0 Å². The topological polar surface area (TPSA) is 3.24 Å². The number of benzene rings is 1. The third-order valence-corrected chi connectivity index (χ3v) is 3.41. The van der Waals surface area contributed by atoms with Crippen molar-refractivity contribution in [2.45, 2.75) is 19.4 Å². The average Bonchev–Trinajstić information content (AvgIpc) is 2.68. The standard InChI is InChI=1S/C13H19NS/c15-9-7-13-6-8-14(11-13)10-12-4-2-1-3-5-12/h1-5,13,15H,6-11H2/t13-/m0/s1. The largest absolute Gasteiger partial charge is 0.299 e. The molecule has 0 amide bonds. The van der Waals surface area contributed by atoms with Gasteiger partial charge in [-0.05, 0) is 36.6 Å². The van der Waals surface area contributed by atoms with E-state index in [1.165, 1.54) is 31.5 Å². The fourth-order valence-corrected chi connectivity index (χ4v) is 2.68. The van der Waals surface area contributed by atoms with E-state index in [0.29, 0.717) is 0 Å². The van der Waals surface area contributed by atoms with Crippen molar-refractivity contribution in [3.05, 3.63) is 35.9 Å². The second-order valence-electron chi connectivity index (χ2n) is 4.39. The number of likely N-dealkylation sites (tertiary alicyclic amines) is 1. The smallest absolute Gasteiger partial charge is 0.0233 e. The van der Waals surface area contributed by atoms with Crippen LogP contribution in [0.25, 0.3) is 0 Å². The summed E-state index contributed by atoms with van der Waals surface area (Å²) < 4.78 is 0. The Labute approximate surface area is 97.9 Å². The summed E-state index contributed by atoms with van der Waals surface area (Å²) in [6.45, 7) is 3.63. The van der Waals surface area contributed by atoms with Crippen LogP contribution < -0.4 is 0 Å². The van der Waals surface area contributed by atoms with E-state index in [0.717, 1.165) is 18.2 Å². The molecule has 2 rings (SSSR count). The molecule has 1 aliphatic rings. The van der Waals surface area contributed by atoms with E-state index in [4.69, 9.17) is 0 Å². The third-order valence-electron chi connectivity index (χ3n) is 3.16. The van der Waals surface area contributed by atoms with E-state index in [9.17, 15) is 0 Å². The van der Waals surface area contributed by atoms with E-state index in [2.05, 4.69) is 47.9 Å². The summed E-state index contributed by atoms with van der Waals surface area (Å²) in [6, 6.07) is 10.8. The van der Waals surface area contributed by atoms with Crippen molar-refractivity contribution in [3.8, 4) is 0 Å². The Morgan fingerprint density at radius 3 is 2.80 bits per heavy atom. The molecule has 1 nitrogen and oxygen atoms in total. The lowest BCUT2D eigenvalue weighted by Crippen LogP contribution is -2.20. The average molecular weight is 221 g/mol. The fourth-order valence-electron chi connectivity index (χ4n) is 2.32. The van der Waals surface area contributed by atoms with Gasteiger partial charge >= 0.3 is 0 Å². The SMILES string of the molecule is SCC[C@@H]1CCN(Cc2ccccc2)C1. The molecule has 1 saturated heterocycles. The van der Waals surface area contributed by atoms with E-state index < -0.39 is 0 Å². The first-order valence-corrected chi connectivity index (χ1v) is 6.39. The van der Waals surface area contributed by atoms with Gasteiger partial charge in [-0.15, -0.1) is 0 Å². The molecule has 0 N–H and O–H groups in total. The molecule has 15 heavy (non-hydrogen) atoms. The molecule has 0 aliphatic carbocycles. The van der Waals surface area contributed by atoms with E-state index in [-0.39, 0.29) is 0 Å². The van der Waals surface area contributed by atoms with Gasteiger partial charge in [-0.1, -0.05) is 30.3 Å². The highest BCUT2D eigenvalue weighted by Gasteiger charge is 2.21. The molecule has 0 radical (unpaired) electrons. The molecule has 2 heteroatoms. The molecule has 1 atom stereocenters. The maximum Gasteiger partial charge on any atom is 0.0233 e. The summed E-state index contributed by atoms with van der Waals surface area (Å²) in [5.41, 5.74) is 1.43. The summed E-state index contributed by atoms with van der Waals surface area (Å²) in [5, 5.41) is 0. The van der Waals surface area contributed by atoms with Gasteiger partial charge < -0.3 is 0 Å². The van der Waals surface area contributed by atoms with Crippen molar-refractivity contribution in [2.75, 3.05) is 18.8 Å². The van der Waals surface area contributed by atoms with Gasteiger partial charge in [0.05, 0.1) is 0 Å². The summed E-state index contributed by atoms with van der Waals surface area (Å²) in [5.74, 6) is 1.91. The van der Waals surface area contributed by atoms with E-state index in [1.807, 2.05) is 0 Å². The number of hydrogen-bond donors (Lipinski definition) is 1. The number of rotatable bonds is 4. The van der Waals surface area contributed by atoms with Gasteiger partial charge in [0.25, 0.3) is 0 Å². The predicted molar refractivity (Wildman–Crippen MR) is 68.3 cm³/mol. The third kappa shape index (κ3) is 3.25. The Kier molecular flexibility index (Phi) is 4.09. The van der Waals surface area contributed by atoms with Crippen LogP contribution in [0.1, 0.15) is 18.4 Å². The molecule has 0 unspecified atom stereocenters. The summed E-state index contributed by atoms with van der Waals surface area (Å²) in [4.78, 5) is 2.56. The zero-order chi connectivity index (χ0) is 10.5. The number of nitrogens with zero attached hydrogens (tertiary/aromatic N) is 1. The quantitative estimate of drug-likeness (QED) is 0.765. The molecular weight excluding hydrogens is 202 g/mol. The molecule has 1 heterocycles. The summed E-state index contributed by atoms with van der Waals surface area (Å²) in [7, 11) is 0. The normalized spacial score (nSPS) is 22.1. The lowest BCUT2D eigenvalue weighted by Gasteiger charge is -2.15. The fraction of sp³-hybridized carbons (Fsp3) is 0.538. The molecule has 82 valence electrons. The van der Waals surface area contributed by atoms with Crippen molar-refractivity contribution in [3.63, 3.8) is 0 Å². The van der Waals surface area contributed by atoms with Crippen molar-refractivity contribution < 1.29 is 0 Å². The lowest BCUT2D eigenvalue weighted by molar-refractivity contribution is 0.315. The molecule has 0 aromatic heterocycles. The maximum atomic E-state index is 4.31. The van der Waals surface area contributed by atoms with Crippen LogP contribution >= 0.6 is 12.6 Å². The van der Waals surface area contributed by atoms with Crippen molar-refractivity contribution >= 4 is 12.6 Å². The maximum absolute atomic E-state index is 4.31. The van der Waals surface area contributed by atoms with E-state index >= 15 is 0 Å². The van der Waals surface area contributed by atoms with Crippen LogP contribution in [0.5, 0.6) is 0 Å². The second kappa shape index (κ2) is 5.57. The lowest BCUT2D eigenvalue weighted by atomic mass is 10.1. The number of thiol groups is 1. The molecule has 1 fully saturated rings. The Hall–Kier alpha value is -0.470. The number of hydrogen-bond acceptors (Lipinski definition) is 2. The minimum atomic E-state index is 0.881. The van der Waals surface area contributed by atoms with E-state index in [1.54, 1.807) is 0 Å². The molecule has 1 aliphatic heterocycles. The molecule has 1 aromatic carbocycles. The monoisotopic (exact) mass is 221 g/mol. The molecule has 0 spiro atoms. The van der Waals surface area contributed by atoms with Gasteiger partial charge in [0, 0.05) is 13.1 Å². The van der Waals surface area contributed by atoms with Gasteiger partial charge in [-0.3, -0.25) is 4.90 Å². The first-order chi connectivity index (χ1) is 7.38. The van der Waals surface area contributed by atoms with Gasteiger partial charge in [-0.25, -0.2) is 0 Å². The first kappa shape index (κ1) is 11.0. The van der Waals surface area contributed by atoms with Crippen molar-refractivity contribution in [1.82, 2.24) is 4.90 Å². The zero-order valence-electron chi connectivity index (χ0n) is 9.10. The first-order valence-electron chi connectivity index (χ1n) is 5.75. The molecule has 0 saturated carbocycles. The van der Waals surface area contributed by atoms with Crippen LogP contribution in [-0.4, -0.2) is 23.7 Å². The van der Waals surface area contributed by atoms with Crippen LogP contribution in [0.2, 0.25) is 0 Å². The van der Waals surface area contributed by atoms with Gasteiger partial charge in [-0.2, -0.15) is 12.6 Å².